The summed E-state index contributed by atoms with van der Waals surface area (Å²) in [6.07, 6.45) is 1.06. The van der Waals surface area contributed by atoms with Crippen LogP contribution in [0.4, 0.5) is 5.69 Å². The fourth-order valence-corrected chi connectivity index (χ4v) is 2.34. The van der Waals surface area contributed by atoms with Gasteiger partial charge >= 0.3 is 0 Å². The Morgan fingerprint density at radius 2 is 1.89 bits per heavy atom. The van der Waals surface area contributed by atoms with Gasteiger partial charge in [-0.3, -0.25) is 9.10 Å². The minimum atomic E-state index is -3.52. The second-order valence-corrected chi connectivity index (χ2v) is 5.78. The lowest BCUT2D eigenvalue weighted by Crippen LogP contribution is -2.39. The van der Waals surface area contributed by atoms with Crippen LogP contribution in [0.2, 0.25) is 0 Å². The van der Waals surface area contributed by atoms with E-state index in [1.54, 1.807) is 24.3 Å². The quantitative estimate of drug-likeness (QED) is 0.831. The lowest BCUT2D eigenvalue weighted by Gasteiger charge is -2.21. The normalized spacial score (nSPS) is 10.9. The third-order valence-corrected chi connectivity index (χ3v) is 3.54. The average Bonchev–Trinajstić information content (AvgIpc) is 2.36. The fourth-order valence-electron chi connectivity index (χ4n) is 1.48. The predicted molar refractivity (Wildman–Crippen MR) is 73.9 cm³/mol. The Kier molecular flexibility index (Phi) is 5.17. The molecule has 6 nitrogen and oxygen atoms in total. The van der Waals surface area contributed by atoms with E-state index in [1.165, 1.54) is 7.05 Å². The molecule has 0 saturated heterocycles. The van der Waals surface area contributed by atoms with Crippen molar-refractivity contribution in [1.82, 2.24) is 5.32 Å². The Labute approximate surface area is 113 Å². The molecule has 0 bridgehead atoms. The number of carbonyl (C=O) groups is 1. The molecule has 7 heteroatoms. The summed E-state index contributed by atoms with van der Waals surface area (Å²) in [6.45, 7) is 2.15. The van der Waals surface area contributed by atoms with Gasteiger partial charge in [0.1, 0.15) is 12.3 Å². The van der Waals surface area contributed by atoms with Crippen LogP contribution in [-0.2, 0) is 14.8 Å². The van der Waals surface area contributed by atoms with Gasteiger partial charge in [-0.2, -0.15) is 0 Å². The molecule has 0 aliphatic carbocycles. The van der Waals surface area contributed by atoms with E-state index in [9.17, 15) is 13.2 Å². The van der Waals surface area contributed by atoms with E-state index < -0.39 is 10.0 Å². The summed E-state index contributed by atoms with van der Waals surface area (Å²) in [7, 11) is -2.06. The van der Waals surface area contributed by atoms with Crippen molar-refractivity contribution >= 4 is 21.6 Å². The lowest BCUT2D eigenvalue weighted by atomic mass is 10.3. The topological polar surface area (TPSA) is 75.7 Å². The molecule has 0 aliphatic heterocycles. The molecular formula is C12H18N2O4S. The van der Waals surface area contributed by atoms with E-state index >= 15 is 0 Å². The summed E-state index contributed by atoms with van der Waals surface area (Å²) in [5.41, 5.74) is 0.426. The van der Waals surface area contributed by atoms with Crippen molar-refractivity contribution in [2.45, 2.75) is 6.92 Å². The first-order chi connectivity index (χ1) is 8.88. The minimum absolute atomic E-state index is 0.247. The number of likely N-dealkylation sites (N-methyl/N-ethyl adjacent to an activating group) is 1. The van der Waals surface area contributed by atoms with Crippen LogP contribution < -0.4 is 14.4 Å². The van der Waals surface area contributed by atoms with Gasteiger partial charge in [-0.1, -0.05) is 0 Å². The second kappa shape index (κ2) is 6.42. The van der Waals surface area contributed by atoms with Crippen LogP contribution in [0.25, 0.3) is 0 Å². The third kappa shape index (κ3) is 4.44. The fraction of sp³-hybridized carbons (Fsp3) is 0.417. The molecule has 106 valence electrons. The first kappa shape index (κ1) is 15.3. The van der Waals surface area contributed by atoms with Crippen LogP contribution >= 0.6 is 0 Å². The van der Waals surface area contributed by atoms with Crippen LogP contribution in [0, 0.1) is 0 Å². The molecular weight excluding hydrogens is 268 g/mol. The van der Waals surface area contributed by atoms with Gasteiger partial charge in [0.2, 0.25) is 15.9 Å². The molecule has 1 aromatic rings. The summed E-state index contributed by atoms with van der Waals surface area (Å²) in [5, 5.41) is 2.40. The van der Waals surface area contributed by atoms with E-state index in [0.29, 0.717) is 18.0 Å². The highest BCUT2D eigenvalue weighted by Gasteiger charge is 2.20. The zero-order valence-electron chi connectivity index (χ0n) is 11.2. The van der Waals surface area contributed by atoms with Crippen molar-refractivity contribution in [3.63, 3.8) is 0 Å². The van der Waals surface area contributed by atoms with Gasteiger partial charge in [0.25, 0.3) is 0 Å². The number of anilines is 1. The van der Waals surface area contributed by atoms with E-state index in [1.807, 2.05) is 6.92 Å². The van der Waals surface area contributed by atoms with Gasteiger partial charge in [0, 0.05) is 7.05 Å². The average molecular weight is 286 g/mol. The molecule has 0 atom stereocenters. The maximum Gasteiger partial charge on any atom is 0.240 e. The van der Waals surface area contributed by atoms with Crippen LogP contribution in [0.1, 0.15) is 6.92 Å². The van der Waals surface area contributed by atoms with E-state index in [2.05, 4.69) is 5.32 Å². The molecule has 0 aromatic heterocycles. The third-order valence-electron chi connectivity index (χ3n) is 2.40. The number of benzene rings is 1. The minimum Gasteiger partial charge on any atom is -0.494 e. The first-order valence-corrected chi connectivity index (χ1v) is 7.64. The van der Waals surface area contributed by atoms with Gasteiger partial charge in [-0.15, -0.1) is 0 Å². The lowest BCUT2D eigenvalue weighted by molar-refractivity contribution is -0.119. The van der Waals surface area contributed by atoms with Gasteiger partial charge in [-0.05, 0) is 31.2 Å². The molecule has 0 unspecified atom stereocenters. The Morgan fingerprint density at radius 3 is 2.32 bits per heavy atom. The number of hydrogen-bond acceptors (Lipinski definition) is 4. The number of hydrogen-bond donors (Lipinski definition) is 1. The Balaban J connectivity index is 3.01. The van der Waals surface area contributed by atoms with Crippen molar-refractivity contribution in [1.29, 1.82) is 0 Å². The summed E-state index contributed by atoms with van der Waals surface area (Å²) in [4.78, 5) is 11.4. The number of ether oxygens (including phenoxy) is 1. The number of nitrogens with zero attached hydrogens (tertiary/aromatic N) is 1. The number of rotatable bonds is 6. The maximum atomic E-state index is 11.7. The molecule has 0 heterocycles. The largest absolute Gasteiger partial charge is 0.494 e. The van der Waals surface area contributed by atoms with E-state index in [0.717, 1.165) is 10.6 Å². The molecule has 0 fully saturated rings. The summed E-state index contributed by atoms with van der Waals surface area (Å²) >= 11 is 0. The van der Waals surface area contributed by atoms with Crippen LogP contribution in [-0.4, -0.2) is 40.8 Å². The predicted octanol–water partition coefficient (Wildman–Crippen LogP) is 0.597. The van der Waals surface area contributed by atoms with Gasteiger partial charge in [0.05, 0.1) is 18.6 Å². The highest BCUT2D eigenvalue weighted by Crippen LogP contribution is 2.21. The molecule has 1 amide bonds. The molecule has 0 saturated carbocycles. The van der Waals surface area contributed by atoms with Crippen molar-refractivity contribution in [3.8, 4) is 5.75 Å². The Hall–Kier alpha value is -1.76. The Bertz CT molecular complexity index is 525. The van der Waals surface area contributed by atoms with E-state index in [-0.39, 0.29) is 12.5 Å². The van der Waals surface area contributed by atoms with Crippen LogP contribution in [0.15, 0.2) is 24.3 Å². The van der Waals surface area contributed by atoms with E-state index in [4.69, 9.17) is 4.74 Å². The molecule has 19 heavy (non-hydrogen) atoms. The maximum absolute atomic E-state index is 11.7. The summed E-state index contributed by atoms with van der Waals surface area (Å²) in [5.74, 6) is 0.277. The standard InChI is InChI=1S/C12H18N2O4S/c1-4-18-11-7-5-10(6-8-11)14(19(3,16)17)9-12(15)13-2/h5-8H,4,9H2,1-3H3,(H,13,15). The molecule has 1 N–H and O–H groups in total. The highest BCUT2D eigenvalue weighted by molar-refractivity contribution is 7.92. The van der Waals surface area contributed by atoms with Gasteiger partial charge in [-0.25, -0.2) is 8.42 Å². The van der Waals surface area contributed by atoms with Crippen molar-refractivity contribution in [2.75, 3.05) is 30.8 Å². The SMILES string of the molecule is CCOc1ccc(N(CC(=O)NC)S(C)(=O)=O)cc1. The Morgan fingerprint density at radius 1 is 1.32 bits per heavy atom. The number of sulfonamides is 1. The molecule has 0 aliphatic rings. The van der Waals surface area contributed by atoms with Crippen molar-refractivity contribution in [3.05, 3.63) is 24.3 Å². The summed E-state index contributed by atoms with van der Waals surface area (Å²) in [6, 6.07) is 6.55. The smallest absolute Gasteiger partial charge is 0.240 e. The number of carbonyl (C=O) groups excluding carboxylic acids is 1. The number of nitrogens with one attached hydrogen (secondary N) is 1. The zero-order chi connectivity index (χ0) is 14.5. The number of amides is 1. The molecule has 1 rings (SSSR count). The van der Waals surface area contributed by atoms with Crippen molar-refractivity contribution < 1.29 is 17.9 Å². The van der Waals surface area contributed by atoms with Crippen molar-refractivity contribution in [2.24, 2.45) is 0 Å². The second-order valence-electron chi connectivity index (χ2n) is 3.87. The molecule has 0 spiro atoms. The zero-order valence-corrected chi connectivity index (χ0v) is 12.0. The van der Waals surface area contributed by atoms with Crippen LogP contribution in [0.5, 0.6) is 5.75 Å². The van der Waals surface area contributed by atoms with Gasteiger partial charge in [0.15, 0.2) is 0 Å². The van der Waals surface area contributed by atoms with Gasteiger partial charge < -0.3 is 10.1 Å². The molecule has 1 aromatic carbocycles. The first-order valence-electron chi connectivity index (χ1n) is 5.79. The monoisotopic (exact) mass is 286 g/mol. The highest BCUT2D eigenvalue weighted by atomic mass is 32.2. The molecule has 0 radical (unpaired) electrons. The van der Waals surface area contributed by atoms with Crippen LogP contribution in [0.3, 0.4) is 0 Å². The summed E-state index contributed by atoms with van der Waals surface area (Å²) < 4.78 is 29.7.